The van der Waals surface area contributed by atoms with Crippen LogP contribution in [0.15, 0.2) is 19.6 Å². The first kappa shape index (κ1) is 15.2. The Balaban J connectivity index is 2.19. The zero-order valence-electron chi connectivity index (χ0n) is 10.4. The van der Waals surface area contributed by atoms with Gasteiger partial charge in [-0.05, 0) is 57.4 Å². The Bertz CT molecular complexity index is 309. The zero-order chi connectivity index (χ0) is 12.7. The number of hydrogen-bond acceptors (Lipinski definition) is 3. The van der Waals surface area contributed by atoms with E-state index in [1.165, 1.54) is 13.0 Å². The van der Waals surface area contributed by atoms with E-state index in [4.69, 9.17) is 4.42 Å². The van der Waals surface area contributed by atoms with E-state index in [1.807, 2.05) is 6.07 Å². The van der Waals surface area contributed by atoms with E-state index in [9.17, 15) is 0 Å². The number of furan rings is 1. The highest BCUT2D eigenvalue weighted by molar-refractivity contribution is 9.13. The van der Waals surface area contributed by atoms with Gasteiger partial charge in [0.05, 0.1) is 11.0 Å². The lowest BCUT2D eigenvalue weighted by Gasteiger charge is -2.19. The molecule has 3 nitrogen and oxygen atoms in total. The quantitative estimate of drug-likeness (QED) is 0.711. The van der Waals surface area contributed by atoms with E-state index >= 15 is 0 Å². The van der Waals surface area contributed by atoms with Crippen LogP contribution in [-0.2, 0) is 6.54 Å². The van der Waals surface area contributed by atoms with Crippen molar-refractivity contribution in [3.05, 3.63) is 21.0 Å². The summed E-state index contributed by atoms with van der Waals surface area (Å²) in [4.78, 5) is 2.45. The van der Waals surface area contributed by atoms with Gasteiger partial charge in [0.15, 0.2) is 4.67 Å². The number of rotatable bonds is 8. The van der Waals surface area contributed by atoms with Crippen molar-refractivity contribution in [3.8, 4) is 0 Å². The Labute approximate surface area is 120 Å². The van der Waals surface area contributed by atoms with Gasteiger partial charge in [0.1, 0.15) is 5.76 Å². The van der Waals surface area contributed by atoms with Crippen LogP contribution in [0.25, 0.3) is 0 Å². The van der Waals surface area contributed by atoms with Crippen molar-refractivity contribution in [2.45, 2.75) is 26.8 Å². The first-order chi connectivity index (χ1) is 8.17. The summed E-state index contributed by atoms with van der Waals surface area (Å²) in [6.07, 6.45) is 1.21. The largest absolute Gasteiger partial charge is 0.452 e. The van der Waals surface area contributed by atoms with Crippen LogP contribution < -0.4 is 5.32 Å². The normalized spacial score (nSPS) is 11.4. The van der Waals surface area contributed by atoms with E-state index in [1.54, 1.807) is 0 Å². The second-order valence-electron chi connectivity index (χ2n) is 3.95. The molecular weight excluding hydrogens is 348 g/mol. The fraction of sp³-hybridized carbons (Fsp3) is 0.667. The number of likely N-dealkylation sites (N-methyl/N-ethyl adjacent to an activating group) is 1. The molecule has 0 aliphatic rings. The maximum Gasteiger partial charge on any atom is 0.183 e. The lowest BCUT2D eigenvalue weighted by molar-refractivity contribution is 0.286. The molecule has 1 heterocycles. The highest BCUT2D eigenvalue weighted by atomic mass is 79.9. The summed E-state index contributed by atoms with van der Waals surface area (Å²) in [5.41, 5.74) is 0. The van der Waals surface area contributed by atoms with Crippen LogP contribution in [0.3, 0.4) is 0 Å². The average Bonchev–Trinajstić information content (AvgIpc) is 2.63. The van der Waals surface area contributed by atoms with E-state index in [0.29, 0.717) is 0 Å². The maximum absolute atomic E-state index is 5.49. The molecular formula is C12H20Br2N2O. The molecule has 0 bridgehead atoms. The molecule has 1 N–H and O–H groups in total. The monoisotopic (exact) mass is 366 g/mol. The van der Waals surface area contributed by atoms with E-state index in [0.717, 1.165) is 41.1 Å². The van der Waals surface area contributed by atoms with Gasteiger partial charge in [0.25, 0.3) is 0 Å². The van der Waals surface area contributed by atoms with Gasteiger partial charge in [-0.25, -0.2) is 0 Å². The molecule has 1 rings (SSSR count). The number of hydrogen-bond donors (Lipinski definition) is 1. The Morgan fingerprint density at radius 3 is 2.59 bits per heavy atom. The molecule has 0 aliphatic heterocycles. The summed E-state index contributed by atoms with van der Waals surface area (Å²) in [6.45, 7) is 9.57. The van der Waals surface area contributed by atoms with Crippen LogP contribution in [0, 0.1) is 0 Å². The molecule has 17 heavy (non-hydrogen) atoms. The smallest absolute Gasteiger partial charge is 0.183 e. The van der Waals surface area contributed by atoms with Crippen molar-refractivity contribution < 1.29 is 4.42 Å². The first-order valence-electron chi connectivity index (χ1n) is 6.04. The first-order valence-corrected chi connectivity index (χ1v) is 7.62. The van der Waals surface area contributed by atoms with Crippen LogP contribution in [0.5, 0.6) is 0 Å². The number of halogens is 2. The van der Waals surface area contributed by atoms with Crippen LogP contribution >= 0.6 is 31.9 Å². The van der Waals surface area contributed by atoms with E-state index in [2.05, 4.69) is 55.9 Å². The second kappa shape index (κ2) is 8.29. The minimum atomic E-state index is 0.760. The van der Waals surface area contributed by atoms with Gasteiger partial charge < -0.3 is 14.6 Å². The maximum atomic E-state index is 5.49. The molecule has 0 spiro atoms. The van der Waals surface area contributed by atoms with E-state index in [-0.39, 0.29) is 0 Å². The molecule has 0 atom stereocenters. The van der Waals surface area contributed by atoms with Gasteiger partial charge in [-0.1, -0.05) is 13.8 Å². The molecule has 0 amide bonds. The van der Waals surface area contributed by atoms with Gasteiger partial charge in [-0.3, -0.25) is 0 Å². The fourth-order valence-electron chi connectivity index (χ4n) is 1.67. The third kappa shape index (κ3) is 5.55. The highest BCUT2D eigenvalue weighted by Crippen LogP contribution is 2.26. The topological polar surface area (TPSA) is 28.4 Å². The molecule has 0 unspecified atom stereocenters. The molecule has 0 saturated carbocycles. The van der Waals surface area contributed by atoms with Crippen LogP contribution in [0.1, 0.15) is 26.0 Å². The van der Waals surface area contributed by atoms with Crippen LogP contribution in [-0.4, -0.2) is 31.1 Å². The third-order valence-corrected chi connectivity index (χ3v) is 4.30. The molecule has 5 heteroatoms. The summed E-state index contributed by atoms with van der Waals surface area (Å²) in [5, 5.41) is 3.39. The third-order valence-electron chi connectivity index (χ3n) is 2.59. The van der Waals surface area contributed by atoms with Crippen molar-refractivity contribution in [3.63, 3.8) is 0 Å². The van der Waals surface area contributed by atoms with Crippen molar-refractivity contribution in [2.75, 3.05) is 26.2 Å². The minimum absolute atomic E-state index is 0.760. The molecule has 0 saturated heterocycles. The number of nitrogens with zero attached hydrogens (tertiary/aromatic N) is 1. The Hall–Kier alpha value is 0.160. The molecule has 0 radical (unpaired) electrons. The van der Waals surface area contributed by atoms with Gasteiger partial charge >= 0.3 is 0 Å². The lowest BCUT2D eigenvalue weighted by Crippen LogP contribution is -2.32. The number of nitrogens with one attached hydrogen (secondary N) is 1. The molecule has 0 fully saturated rings. The summed E-state index contributed by atoms with van der Waals surface area (Å²) in [5.74, 6) is 0.947. The van der Waals surface area contributed by atoms with Crippen LogP contribution in [0.2, 0.25) is 0 Å². The van der Waals surface area contributed by atoms with Crippen molar-refractivity contribution in [1.82, 2.24) is 10.2 Å². The molecule has 98 valence electrons. The molecule has 0 aromatic carbocycles. The summed E-state index contributed by atoms with van der Waals surface area (Å²) >= 11 is 6.73. The molecule has 0 aliphatic carbocycles. The van der Waals surface area contributed by atoms with Crippen molar-refractivity contribution in [2.24, 2.45) is 0 Å². The fourth-order valence-corrected chi connectivity index (χ4v) is 2.33. The average molecular weight is 368 g/mol. The van der Waals surface area contributed by atoms with Gasteiger partial charge in [-0.2, -0.15) is 0 Å². The van der Waals surface area contributed by atoms with Gasteiger partial charge in [0, 0.05) is 13.1 Å². The standard InChI is InChI=1S/C12H20Br2N2O/c1-3-6-16(4-2)7-5-15-9-10-8-11(13)12(14)17-10/h8,15H,3-7,9H2,1-2H3. The Morgan fingerprint density at radius 1 is 1.29 bits per heavy atom. The van der Waals surface area contributed by atoms with Gasteiger partial charge in [-0.15, -0.1) is 0 Å². The minimum Gasteiger partial charge on any atom is -0.452 e. The second-order valence-corrected chi connectivity index (χ2v) is 5.52. The molecule has 1 aromatic rings. The summed E-state index contributed by atoms with van der Waals surface area (Å²) in [6, 6.07) is 1.99. The summed E-state index contributed by atoms with van der Waals surface area (Å²) in [7, 11) is 0. The predicted octanol–water partition coefficient (Wildman–Crippen LogP) is 3.63. The predicted molar refractivity (Wildman–Crippen MR) is 78.2 cm³/mol. The Kier molecular flexibility index (Phi) is 7.43. The Morgan fingerprint density at radius 2 is 2.06 bits per heavy atom. The van der Waals surface area contributed by atoms with Crippen molar-refractivity contribution >= 4 is 31.9 Å². The lowest BCUT2D eigenvalue weighted by atomic mass is 10.4. The van der Waals surface area contributed by atoms with Crippen LogP contribution in [0.4, 0.5) is 0 Å². The zero-order valence-corrected chi connectivity index (χ0v) is 13.6. The highest BCUT2D eigenvalue weighted by Gasteiger charge is 2.05. The molecule has 1 aromatic heterocycles. The van der Waals surface area contributed by atoms with E-state index < -0.39 is 0 Å². The van der Waals surface area contributed by atoms with Gasteiger partial charge in [0.2, 0.25) is 0 Å². The van der Waals surface area contributed by atoms with Crippen molar-refractivity contribution in [1.29, 1.82) is 0 Å². The summed E-state index contributed by atoms with van der Waals surface area (Å²) < 4.78 is 7.22. The SMILES string of the molecule is CCCN(CC)CCNCc1cc(Br)c(Br)o1.